The van der Waals surface area contributed by atoms with Crippen LogP contribution in [0.15, 0.2) is 53.3 Å². The highest BCUT2D eigenvalue weighted by atomic mass is 16.5. The number of benzene rings is 2. The van der Waals surface area contributed by atoms with Gasteiger partial charge in [-0.05, 0) is 31.2 Å². The number of H-pyrrole nitrogens is 1. The van der Waals surface area contributed by atoms with Gasteiger partial charge in [0.05, 0.1) is 22.8 Å². The van der Waals surface area contributed by atoms with E-state index in [2.05, 4.69) is 9.97 Å². The molecule has 4 rings (SSSR count). The summed E-state index contributed by atoms with van der Waals surface area (Å²) in [6, 6.07) is 14.8. The third kappa shape index (κ3) is 2.94. The number of rotatable bonds is 3. The standard InChI is InChI=1S/C20H19N3O3/c1-13-12-26-18-9-5-4-8-17(18)23(13)19(24)11-10-16-20(25)22-15-7-3-2-6-14(15)21-16/h2-9,13H,10-12H2,1H3,(H,22,25). The molecule has 0 saturated carbocycles. The molecule has 2 heterocycles. The number of carbonyl (C=O) groups is 1. The molecule has 1 atom stereocenters. The summed E-state index contributed by atoms with van der Waals surface area (Å²) in [5, 5.41) is 0. The molecule has 1 aromatic heterocycles. The Morgan fingerprint density at radius 1 is 1.23 bits per heavy atom. The van der Waals surface area contributed by atoms with Gasteiger partial charge < -0.3 is 14.6 Å². The molecule has 6 heteroatoms. The molecular weight excluding hydrogens is 330 g/mol. The van der Waals surface area contributed by atoms with E-state index >= 15 is 0 Å². The van der Waals surface area contributed by atoms with Gasteiger partial charge in [0.1, 0.15) is 18.1 Å². The minimum atomic E-state index is -0.244. The topological polar surface area (TPSA) is 75.3 Å². The molecule has 0 fully saturated rings. The van der Waals surface area contributed by atoms with Crippen molar-refractivity contribution in [1.29, 1.82) is 0 Å². The van der Waals surface area contributed by atoms with E-state index in [4.69, 9.17) is 4.74 Å². The first-order valence-corrected chi connectivity index (χ1v) is 8.65. The lowest BCUT2D eigenvalue weighted by atomic mass is 10.1. The Kier molecular flexibility index (Phi) is 4.16. The normalized spacial score (nSPS) is 16.2. The molecule has 132 valence electrons. The molecule has 1 N–H and O–H groups in total. The molecule has 1 unspecified atom stereocenters. The fraction of sp³-hybridized carbons (Fsp3) is 0.250. The minimum Gasteiger partial charge on any atom is -0.489 e. The predicted molar refractivity (Wildman–Crippen MR) is 99.6 cm³/mol. The molecule has 0 bridgehead atoms. The van der Waals surface area contributed by atoms with E-state index in [1.54, 1.807) is 4.90 Å². The number of aromatic amines is 1. The zero-order valence-corrected chi connectivity index (χ0v) is 14.4. The number of amides is 1. The summed E-state index contributed by atoms with van der Waals surface area (Å²) in [6.45, 7) is 2.41. The van der Waals surface area contributed by atoms with Crippen LogP contribution in [0, 0.1) is 0 Å². The highest BCUT2D eigenvalue weighted by molar-refractivity contribution is 5.96. The Hall–Kier alpha value is -3.15. The van der Waals surface area contributed by atoms with Crippen LogP contribution in [0.3, 0.4) is 0 Å². The Bertz CT molecular complexity index is 1030. The molecule has 2 aromatic carbocycles. The van der Waals surface area contributed by atoms with Gasteiger partial charge in [-0.2, -0.15) is 0 Å². The Morgan fingerprint density at radius 2 is 2.00 bits per heavy atom. The second kappa shape index (κ2) is 6.63. The minimum absolute atomic E-state index is 0.0393. The number of anilines is 1. The molecule has 6 nitrogen and oxygen atoms in total. The second-order valence-electron chi connectivity index (χ2n) is 6.42. The van der Waals surface area contributed by atoms with E-state index in [1.165, 1.54) is 0 Å². The van der Waals surface area contributed by atoms with Crippen LogP contribution in [0.25, 0.3) is 11.0 Å². The van der Waals surface area contributed by atoms with Crippen LogP contribution < -0.4 is 15.2 Å². The predicted octanol–water partition coefficient (Wildman–Crippen LogP) is 2.67. The number of nitrogens with zero attached hydrogens (tertiary/aromatic N) is 2. The van der Waals surface area contributed by atoms with Crippen LogP contribution in [0.4, 0.5) is 5.69 Å². The smallest absolute Gasteiger partial charge is 0.270 e. The van der Waals surface area contributed by atoms with E-state index in [1.807, 2.05) is 55.5 Å². The van der Waals surface area contributed by atoms with Gasteiger partial charge in [-0.1, -0.05) is 24.3 Å². The van der Waals surface area contributed by atoms with E-state index < -0.39 is 0 Å². The number of fused-ring (bicyclic) bond motifs is 2. The number of aromatic nitrogens is 2. The summed E-state index contributed by atoms with van der Waals surface area (Å²) in [4.78, 5) is 34.1. The summed E-state index contributed by atoms with van der Waals surface area (Å²) in [5.74, 6) is 0.670. The van der Waals surface area contributed by atoms with Crippen LogP contribution in [0.2, 0.25) is 0 Å². The molecule has 1 aliphatic heterocycles. The summed E-state index contributed by atoms with van der Waals surface area (Å²) in [7, 11) is 0. The van der Waals surface area contributed by atoms with Gasteiger partial charge in [0, 0.05) is 12.8 Å². The van der Waals surface area contributed by atoms with E-state index in [-0.39, 0.29) is 23.9 Å². The Balaban J connectivity index is 1.56. The van der Waals surface area contributed by atoms with Crippen molar-refractivity contribution in [2.45, 2.75) is 25.8 Å². The van der Waals surface area contributed by atoms with Crippen molar-refractivity contribution in [2.75, 3.05) is 11.5 Å². The Labute approximate surface area is 150 Å². The van der Waals surface area contributed by atoms with Gasteiger partial charge in [0.25, 0.3) is 5.56 Å². The number of para-hydroxylation sites is 4. The summed E-state index contributed by atoms with van der Waals surface area (Å²) in [6.07, 6.45) is 0.512. The number of aryl methyl sites for hydroxylation is 1. The van der Waals surface area contributed by atoms with E-state index in [0.29, 0.717) is 30.0 Å². The lowest BCUT2D eigenvalue weighted by molar-refractivity contribution is -0.119. The zero-order valence-electron chi connectivity index (χ0n) is 14.4. The lowest BCUT2D eigenvalue weighted by Gasteiger charge is -2.35. The molecule has 0 radical (unpaired) electrons. The number of ether oxygens (including phenoxy) is 1. The average molecular weight is 349 g/mol. The van der Waals surface area contributed by atoms with E-state index in [0.717, 1.165) is 11.2 Å². The molecule has 0 aliphatic carbocycles. The molecule has 0 saturated heterocycles. The van der Waals surface area contributed by atoms with Crippen LogP contribution in [-0.2, 0) is 11.2 Å². The van der Waals surface area contributed by atoms with Gasteiger partial charge in [0.2, 0.25) is 5.91 Å². The maximum Gasteiger partial charge on any atom is 0.270 e. The molecule has 0 spiro atoms. The highest BCUT2D eigenvalue weighted by Crippen LogP contribution is 2.33. The lowest BCUT2D eigenvalue weighted by Crippen LogP contribution is -2.45. The van der Waals surface area contributed by atoms with Gasteiger partial charge in [-0.3, -0.25) is 9.59 Å². The summed E-state index contributed by atoms with van der Waals surface area (Å²) < 4.78 is 5.68. The van der Waals surface area contributed by atoms with Crippen LogP contribution in [0.1, 0.15) is 19.0 Å². The third-order valence-electron chi connectivity index (χ3n) is 4.56. The van der Waals surface area contributed by atoms with Crippen LogP contribution in [0.5, 0.6) is 5.75 Å². The fourth-order valence-corrected chi connectivity index (χ4v) is 3.26. The number of hydrogen-bond donors (Lipinski definition) is 1. The number of carbonyl (C=O) groups excluding carboxylic acids is 1. The maximum atomic E-state index is 12.8. The average Bonchev–Trinajstić information content (AvgIpc) is 2.66. The van der Waals surface area contributed by atoms with Crippen molar-refractivity contribution >= 4 is 22.6 Å². The van der Waals surface area contributed by atoms with Crippen molar-refractivity contribution in [1.82, 2.24) is 9.97 Å². The SMILES string of the molecule is CC1COc2ccccc2N1C(=O)CCc1nc2ccccc2[nH]c1=O. The first kappa shape index (κ1) is 16.3. The van der Waals surface area contributed by atoms with Gasteiger partial charge in [-0.15, -0.1) is 0 Å². The largest absolute Gasteiger partial charge is 0.489 e. The number of nitrogens with one attached hydrogen (secondary N) is 1. The molecule has 3 aromatic rings. The van der Waals surface area contributed by atoms with Crippen LogP contribution in [-0.4, -0.2) is 28.5 Å². The monoisotopic (exact) mass is 349 g/mol. The van der Waals surface area contributed by atoms with Crippen LogP contribution >= 0.6 is 0 Å². The maximum absolute atomic E-state index is 12.8. The highest BCUT2D eigenvalue weighted by Gasteiger charge is 2.29. The first-order chi connectivity index (χ1) is 12.6. The van der Waals surface area contributed by atoms with Crippen molar-refractivity contribution in [3.05, 3.63) is 64.6 Å². The molecule has 1 amide bonds. The Morgan fingerprint density at radius 3 is 2.88 bits per heavy atom. The third-order valence-corrected chi connectivity index (χ3v) is 4.56. The van der Waals surface area contributed by atoms with Crippen molar-refractivity contribution < 1.29 is 9.53 Å². The van der Waals surface area contributed by atoms with Gasteiger partial charge >= 0.3 is 0 Å². The molecule has 26 heavy (non-hydrogen) atoms. The fourth-order valence-electron chi connectivity index (χ4n) is 3.26. The summed E-state index contributed by atoms with van der Waals surface area (Å²) in [5.41, 5.74) is 2.33. The van der Waals surface area contributed by atoms with Crippen molar-refractivity contribution in [3.63, 3.8) is 0 Å². The zero-order chi connectivity index (χ0) is 18.1. The molecular formula is C20H19N3O3. The van der Waals surface area contributed by atoms with Gasteiger partial charge in [0.15, 0.2) is 0 Å². The quantitative estimate of drug-likeness (QED) is 0.789. The van der Waals surface area contributed by atoms with Gasteiger partial charge in [-0.25, -0.2) is 4.98 Å². The van der Waals surface area contributed by atoms with Crippen molar-refractivity contribution in [2.24, 2.45) is 0 Å². The first-order valence-electron chi connectivity index (χ1n) is 8.65. The summed E-state index contributed by atoms with van der Waals surface area (Å²) >= 11 is 0. The van der Waals surface area contributed by atoms with E-state index in [9.17, 15) is 9.59 Å². The van der Waals surface area contributed by atoms with Crippen molar-refractivity contribution in [3.8, 4) is 5.75 Å². The second-order valence-corrected chi connectivity index (χ2v) is 6.42. The number of hydrogen-bond acceptors (Lipinski definition) is 4. The molecule has 1 aliphatic rings.